The summed E-state index contributed by atoms with van der Waals surface area (Å²) in [6, 6.07) is 40.6. The van der Waals surface area contributed by atoms with Gasteiger partial charge in [-0.1, -0.05) is 72.8 Å². The number of aryl methyl sites for hydroxylation is 1. The van der Waals surface area contributed by atoms with Crippen molar-refractivity contribution in [2.45, 2.75) is 0 Å². The van der Waals surface area contributed by atoms with Crippen LogP contribution in [-0.4, -0.2) is 9.55 Å². The minimum Gasteiger partial charge on any atom is -0.441 e. The lowest BCUT2D eigenvalue weighted by Crippen LogP contribution is -2.30. The summed E-state index contributed by atoms with van der Waals surface area (Å²) in [5, 5.41) is 1.06. The predicted molar refractivity (Wildman–Crippen MR) is 148 cm³/mol. The number of oxazole rings is 1. The second-order valence-corrected chi connectivity index (χ2v) is 9.26. The fourth-order valence-corrected chi connectivity index (χ4v) is 5.15. The van der Waals surface area contributed by atoms with E-state index in [9.17, 15) is 0 Å². The van der Waals surface area contributed by atoms with Gasteiger partial charge in [-0.15, -0.1) is 0 Å². The molecular weight excluding hydrogens is 454 g/mol. The molecule has 4 aromatic carbocycles. The van der Waals surface area contributed by atoms with Crippen LogP contribution in [0.4, 0.5) is 0 Å². The summed E-state index contributed by atoms with van der Waals surface area (Å²) in [6.45, 7) is 0. The van der Waals surface area contributed by atoms with Crippen molar-refractivity contribution in [2.75, 3.05) is 0 Å². The number of aromatic nitrogens is 3. The van der Waals surface area contributed by atoms with Crippen molar-refractivity contribution in [3.8, 4) is 39.2 Å². The van der Waals surface area contributed by atoms with E-state index in [0.29, 0.717) is 0 Å². The third-order valence-corrected chi connectivity index (χ3v) is 7.03. The van der Waals surface area contributed by atoms with Gasteiger partial charge in [0.05, 0.1) is 5.52 Å². The van der Waals surface area contributed by atoms with Gasteiger partial charge in [0, 0.05) is 28.8 Å². The Labute approximate surface area is 214 Å². The number of rotatable bonds is 4. The van der Waals surface area contributed by atoms with E-state index in [2.05, 4.69) is 124 Å². The number of hydrogen-bond donors (Lipinski definition) is 0. The molecule has 0 atom stereocenters. The van der Waals surface area contributed by atoms with Gasteiger partial charge in [0.15, 0.2) is 23.8 Å². The predicted octanol–water partition coefficient (Wildman–Crippen LogP) is 7.60. The van der Waals surface area contributed by atoms with E-state index in [1.54, 1.807) is 0 Å². The van der Waals surface area contributed by atoms with Crippen molar-refractivity contribution < 1.29 is 8.98 Å². The van der Waals surface area contributed by atoms with Gasteiger partial charge in [-0.3, -0.25) is 4.57 Å². The van der Waals surface area contributed by atoms with Crippen molar-refractivity contribution in [3.63, 3.8) is 0 Å². The molecule has 3 aromatic heterocycles. The Hall–Kier alpha value is -4.96. The standard InChI is InChI=1S/C33H24N3O/c1-35-19-18-26(25-16-14-24(15-17-25)23-8-3-2-4-9-23)21-31(35)27-10-7-11-28(20-27)36-30-13-6-5-12-29(30)32-33(36)34-22-37-32/h2-22H,1H3/q+1. The van der Waals surface area contributed by atoms with Crippen LogP contribution in [-0.2, 0) is 7.05 Å². The third-order valence-electron chi connectivity index (χ3n) is 7.03. The lowest BCUT2D eigenvalue weighted by atomic mass is 9.99. The molecule has 4 heteroatoms. The summed E-state index contributed by atoms with van der Waals surface area (Å²) in [5.74, 6) is 0. The molecular formula is C33H24N3O+. The number of hydrogen-bond acceptors (Lipinski definition) is 2. The molecule has 0 spiro atoms. The third kappa shape index (κ3) is 3.62. The van der Waals surface area contributed by atoms with Crippen LogP contribution in [0.5, 0.6) is 0 Å². The Balaban J connectivity index is 1.30. The van der Waals surface area contributed by atoms with Gasteiger partial charge in [0.25, 0.3) is 0 Å². The normalized spacial score (nSPS) is 11.4. The Kier molecular flexibility index (Phi) is 4.96. The van der Waals surface area contributed by atoms with Gasteiger partial charge >= 0.3 is 0 Å². The lowest BCUT2D eigenvalue weighted by molar-refractivity contribution is -0.660. The zero-order chi connectivity index (χ0) is 24.8. The van der Waals surface area contributed by atoms with Crippen molar-refractivity contribution in [2.24, 2.45) is 7.05 Å². The average molecular weight is 479 g/mol. The molecule has 7 aromatic rings. The molecule has 4 nitrogen and oxygen atoms in total. The zero-order valence-corrected chi connectivity index (χ0v) is 20.4. The highest BCUT2D eigenvalue weighted by Crippen LogP contribution is 2.33. The molecule has 0 saturated carbocycles. The molecule has 0 N–H and O–H groups in total. The Morgan fingerprint density at radius 2 is 1.35 bits per heavy atom. The van der Waals surface area contributed by atoms with Crippen LogP contribution in [0.3, 0.4) is 0 Å². The highest BCUT2D eigenvalue weighted by Gasteiger charge is 2.18. The molecule has 0 aliphatic rings. The average Bonchev–Trinajstić information content (AvgIpc) is 3.55. The number of benzene rings is 4. The Morgan fingerprint density at radius 3 is 2.19 bits per heavy atom. The fraction of sp³-hybridized carbons (Fsp3) is 0.0303. The molecule has 0 aliphatic heterocycles. The molecule has 0 fully saturated rings. The quantitative estimate of drug-likeness (QED) is 0.244. The van der Waals surface area contributed by atoms with Crippen molar-refractivity contribution in [1.29, 1.82) is 0 Å². The fourth-order valence-electron chi connectivity index (χ4n) is 5.15. The zero-order valence-electron chi connectivity index (χ0n) is 20.4. The molecule has 0 radical (unpaired) electrons. The molecule has 37 heavy (non-hydrogen) atoms. The monoisotopic (exact) mass is 478 g/mol. The molecule has 0 bridgehead atoms. The summed E-state index contributed by atoms with van der Waals surface area (Å²) in [7, 11) is 2.09. The number of pyridine rings is 1. The summed E-state index contributed by atoms with van der Waals surface area (Å²) in [5.41, 5.74) is 10.9. The van der Waals surface area contributed by atoms with E-state index >= 15 is 0 Å². The van der Waals surface area contributed by atoms with Crippen LogP contribution < -0.4 is 4.57 Å². The number of para-hydroxylation sites is 1. The van der Waals surface area contributed by atoms with Gasteiger partial charge < -0.3 is 4.42 Å². The minimum atomic E-state index is 0.813. The van der Waals surface area contributed by atoms with Gasteiger partial charge in [-0.2, -0.15) is 4.98 Å². The van der Waals surface area contributed by atoms with E-state index in [0.717, 1.165) is 39.1 Å². The first-order valence-corrected chi connectivity index (χ1v) is 12.4. The Morgan fingerprint density at radius 1 is 0.649 bits per heavy atom. The summed E-state index contributed by atoms with van der Waals surface area (Å²) in [4.78, 5) is 4.53. The first kappa shape index (κ1) is 21.3. The molecule has 0 amide bonds. The molecule has 0 unspecified atom stereocenters. The van der Waals surface area contributed by atoms with Crippen molar-refractivity contribution in [3.05, 3.63) is 128 Å². The minimum absolute atomic E-state index is 0.813. The summed E-state index contributed by atoms with van der Waals surface area (Å²) >= 11 is 0. The van der Waals surface area contributed by atoms with Crippen LogP contribution >= 0.6 is 0 Å². The largest absolute Gasteiger partial charge is 0.441 e. The van der Waals surface area contributed by atoms with E-state index in [-0.39, 0.29) is 0 Å². The van der Waals surface area contributed by atoms with Crippen LogP contribution in [0.2, 0.25) is 0 Å². The number of nitrogens with zero attached hydrogens (tertiary/aromatic N) is 3. The molecule has 7 rings (SSSR count). The first-order valence-electron chi connectivity index (χ1n) is 12.4. The van der Waals surface area contributed by atoms with E-state index in [4.69, 9.17) is 4.42 Å². The molecule has 176 valence electrons. The highest BCUT2D eigenvalue weighted by atomic mass is 16.3. The summed E-state index contributed by atoms with van der Waals surface area (Å²) < 4.78 is 10.1. The van der Waals surface area contributed by atoms with Crippen molar-refractivity contribution >= 4 is 22.1 Å². The highest BCUT2D eigenvalue weighted by molar-refractivity contribution is 6.04. The Bertz CT molecular complexity index is 1880. The SMILES string of the molecule is C[n+]1ccc(-c2ccc(-c3ccccc3)cc2)cc1-c1cccc(-n2c3ccccc3c3ocnc32)c1. The van der Waals surface area contributed by atoms with Gasteiger partial charge in [-0.25, -0.2) is 4.57 Å². The van der Waals surface area contributed by atoms with Crippen LogP contribution in [0.25, 0.3) is 61.3 Å². The molecule has 0 aliphatic carbocycles. The molecule has 0 saturated heterocycles. The smallest absolute Gasteiger partial charge is 0.212 e. The molecule has 3 heterocycles. The lowest BCUT2D eigenvalue weighted by Gasteiger charge is -2.09. The van der Waals surface area contributed by atoms with E-state index < -0.39 is 0 Å². The maximum Gasteiger partial charge on any atom is 0.212 e. The van der Waals surface area contributed by atoms with Gasteiger partial charge in [0.2, 0.25) is 5.69 Å². The van der Waals surface area contributed by atoms with Crippen LogP contribution in [0, 0.1) is 0 Å². The second kappa shape index (κ2) is 8.61. The first-order chi connectivity index (χ1) is 18.3. The van der Waals surface area contributed by atoms with Crippen molar-refractivity contribution in [1.82, 2.24) is 9.55 Å². The number of fused-ring (bicyclic) bond motifs is 3. The second-order valence-electron chi connectivity index (χ2n) is 9.26. The maximum absolute atomic E-state index is 5.73. The van der Waals surface area contributed by atoms with Crippen LogP contribution in [0.1, 0.15) is 0 Å². The maximum atomic E-state index is 5.73. The summed E-state index contributed by atoms with van der Waals surface area (Å²) in [6.07, 6.45) is 3.65. The van der Waals surface area contributed by atoms with E-state index in [1.807, 2.05) is 18.2 Å². The van der Waals surface area contributed by atoms with Gasteiger partial charge in [0.1, 0.15) is 7.05 Å². The van der Waals surface area contributed by atoms with E-state index in [1.165, 1.54) is 28.6 Å². The van der Waals surface area contributed by atoms with Gasteiger partial charge in [-0.05, 0) is 52.6 Å². The van der Waals surface area contributed by atoms with Crippen LogP contribution in [0.15, 0.2) is 132 Å². The topological polar surface area (TPSA) is 34.8 Å².